The van der Waals surface area contributed by atoms with Gasteiger partial charge in [-0.15, -0.1) is 11.3 Å². The molecule has 0 bridgehead atoms. The van der Waals surface area contributed by atoms with Crippen LogP contribution < -0.4 is 5.32 Å². The molecule has 1 aromatic heterocycles. The second-order valence-corrected chi connectivity index (χ2v) is 7.68. The van der Waals surface area contributed by atoms with Crippen molar-refractivity contribution in [1.82, 2.24) is 4.98 Å². The molecule has 1 amide bonds. The van der Waals surface area contributed by atoms with Crippen LogP contribution in [0.5, 0.6) is 0 Å². The first-order chi connectivity index (χ1) is 14.5. The molecule has 0 unspecified atom stereocenters. The minimum Gasteiger partial charge on any atom is -0.322 e. The van der Waals surface area contributed by atoms with Gasteiger partial charge in [0.25, 0.3) is 11.6 Å². The van der Waals surface area contributed by atoms with E-state index in [4.69, 9.17) is 11.6 Å². The average molecular weight is 436 g/mol. The second-order valence-electron chi connectivity index (χ2n) is 6.38. The van der Waals surface area contributed by atoms with Crippen molar-refractivity contribution in [2.75, 3.05) is 5.32 Å². The molecule has 148 valence electrons. The summed E-state index contributed by atoms with van der Waals surface area (Å²) in [5, 5.41) is 17.1. The number of carbonyl (C=O) groups excluding carboxylic acids is 1. The molecule has 0 radical (unpaired) electrons. The zero-order valence-electron chi connectivity index (χ0n) is 15.4. The zero-order valence-corrected chi connectivity index (χ0v) is 17.0. The Morgan fingerprint density at radius 2 is 1.73 bits per heavy atom. The number of hydrogen-bond donors (Lipinski definition) is 1. The number of amides is 1. The van der Waals surface area contributed by atoms with Gasteiger partial charge in [-0.1, -0.05) is 35.9 Å². The number of anilines is 1. The Kier molecular flexibility index (Phi) is 5.56. The van der Waals surface area contributed by atoms with Crippen LogP contribution in [0.3, 0.4) is 0 Å². The Morgan fingerprint density at radius 3 is 2.43 bits per heavy atom. The number of nitrogens with zero attached hydrogens (tertiary/aromatic N) is 2. The topological polar surface area (TPSA) is 85.1 Å². The van der Waals surface area contributed by atoms with Crippen molar-refractivity contribution in [2.45, 2.75) is 0 Å². The van der Waals surface area contributed by atoms with Crippen molar-refractivity contribution in [3.63, 3.8) is 0 Å². The lowest BCUT2D eigenvalue weighted by atomic mass is 10.1. The van der Waals surface area contributed by atoms with Crippen LogP contribution >= 0.6 is 22.9 Å². The first kappa shape index (κ1) is 19.8. The predicted octanol–water partition coefficient (Wildman–Crippen LogP) is 6.29. The maximum atomic E-state index is 12.5. The van der Waals surface area contributed by atoms with E-state index in [0.29, 0.717) is 16.3 Å². The molecule has 0 aliphatic carbocycles. The van der Waals surface area contributed by atoms with E-state index in [-0.39, 0.29) is 11.6 Å². The maximum absolute atomic E-state index is 12.5. The highest BCUT2D eigenvalue weighted by Crippen LogP contribution is 2.30. The summed E-state index contributed by atoms with van der Waals surface area (Å²) in [4.78, 5) is 27.4. The number of rotatable bonds is 5. The van der Waals surface area contributed by atoms with Crippen LogP contribution in [0, 0.1) is 10.1 Å². The highest BCUT2D eigenvalue weighted by molar-refractivity contribution is 7.13. The van der Waals surface area contributed by atoms with Gasteiger partial charge in [0.1, 0.15) is 5.01 Å². The van der Waals surface area contributed by atoms with Gasteiger partial charge in [-0.2, -0.15) is 0 Å². The number of non-ortho nitro benzene ring substituents is 1. The fourth-order valence-electron chi connectivity index (χ4n) is 2.83. The highest BCUT2D eigenvalue weighted by Gasteiger charge is 2.11. The Morgan fingerprint density at radius 1 is 1.00 bits per heavy atom. The van der Waals surface area contributed by atoms with Crippen molar-refractivity contribution in [1.29, 1.82) is 0 Å². The summed E-state index contributed by atoms with van der Waals surface area (Å²) in [5.74, 6) is -0.345. The van der Waals surface area contributed by atoms with Gasteiger partial charge in [0.2, 0.25) is 0 Å². The monoisotopic (exact) mass is 435 g/mol. The number of nitro benzene ring substituents is 1. The molecule has 0 aliphatic rings. The van der Waals surface area contributed by atoms with E-state index >= 15 is 0 Å². The zero-order chi connectivity index (χ0) is 21.1. The molecule has 30 heavy (non-hydrogen) atoms. The van der Waals surface area contributed by atoms with E-state index in [1.54, 1.807) is 6.07 Å². The number of hydrogen-bond acceptors (Lipinski definition) is 5. The number of nitrogens with one attached hydrogen (secondary N) is 1. The Bertz CT molecular complexity index is 1220. The lowest BCUT2D eigenvalue weighted by Crippen LogP contribution is -2.11. The molecule has 0 atom stereocenters. The fourth-order valence-corrected chi connectivity index (χ4v) is 3.79. The van der Waals surface area contributed by atoms with Crippen LogP contribution in [-0.2, 0) is 0 Å². The van der Waals surface area contributed by atoms with Crippen molar-refractivity contribution in [3.05, 3.63) is 98.9 Å². The number of thiazole rings is 1. The number of carbonyl (C=O) groups is 1. The molecule has 6 nitrogen and oxygen atoms in total. The molecular weight excluding hydrogens is 422 g/mol. The molecule has 8 heteroatoms. The van der Waals surface area contributed by atoms with Gasteiger partial charge < -0.3 is 5.32 Å². The summed E-state index contributed by atoms with van der Waals surface area (Å²) in [6.07, 6.45) is 0. The van der Waals surface area contributed by atoms with E-state index in [1.165, 1.54) is 35.6 Å². The SMILES string of the molecule is O=C(Nc1cccc(-c2csc(-c3ccc(Cl)cc3)n2)c1)c1ccc([N+](=O)[O-])cc1. The van der Waals surface area contributed by atoms with Crippen LogP contribution in [0.15, 0.2) is 78.2 Å². The van der Waals surface area contributed by atoms with Crippen molar-refractivity contribution in [3.8, 4) is 21.8 Å². The van der Waals surface area contributed by atoms with Crippen LogP contribution in [-0.4, -0.2) is 15.8 Å². The standard InChI is InChI=1S/C22H14ClN3O3S/c23-17-8-4-15(5-9-17)22-25-20(13-30-22)16-2-1-3-18(12-16)24-21(27)14-6-10-19(11-7-14)26(28)29/h1-13H,(H,24,27). The lowest BCUT2D eigenvalue weighted by Gasteiger charge is -2.07. The minimum absolute atomic E-state index is 0.0615. The molecule has 0 spiro atoms. The smallest absolute Gasteiger partial charge is 0.269 e. The summed E-state index contributed by atoms with van der Waals surface area (Å²) >= 11 is 7.47. The van der Waals surface area contributed by atoms with E-state index < -0.39 is 4.92 Å². The quantitative estimate of drug-likeness (QED) is 0.295. The first-order valence-electron chi connectivity index (χ1n) is 8.87. The molecule has 1 heterocycles. The number of benzene rings is 3. The predicted molar refractivity (Wildman–Crippen MR) is 119 cm³/mol. The molecular formula is C22H14ClN3O3S. The summed E-state index contributed by atoms with van der Waals surface area (Å²) < 4.78 is 0. The Balaban J connectivity index is 1.52. The molecule has 0 saturated carbocycles. The molecule has 3 aromatic carbocycles. The second kappa shape index (κ2) is 8.44. The third kappa shape index (κ3) is 4.37. The van der Waals surface area contributed by atoms with Gasteiger partial charge in [-0.25, -0.2) is 4.98 Å². The highest BCUT2D eigenvalue weighted by atomic mass is 35.5. The molecule has 4 rings (SSSR count). The van der Waals surface area contributed by atoms with Gasteiger partial charge in [0.05, 0.1) is 10.6 Å². The summed E-state index contributed by atoms with van der Waals surface area (Å²) in [5.41, 5.74) is 3.54. The fraction of sp³-hybridized carbons (Fsp3) is 0. The van der Waals surface area contributed by atoms with Crippen LogP contribution in [0.25, 0.3) is 21.8 Å². The van der Waals surface area contributed by atoms with E-state index in [1.807, 2.05) is 47.8 Å². The number of halogens is 1. The van der Waals surface area contributed by atoms with E-state index in [9.17, 15) is 14.9 Å². The van der Waals surface area contributed by atoms with Crippen LogP contribution in [0.4, 0.5) is 11.4 Å². The molecule has 0 saturated heterocycles. The van der Waals surface area contributed by atoms with Crippen molar-refractivity contribution in [2.24, 2.45) is 0 Å². The summed E-state index contributed by atoms with van der Waals surface area (Å²) in [6, 6.07) is 20.3. The lowest BCUT2D eigenvalue weighted by molar-refractivity contribution is -0.384. The number of aromatic nitrogens is 1. The Hall–Kier alpha value is -3.55. The maximum Gasteiger partial charge on any atom is 0.269 e. The Labute approximate surface area is 180 Å². The van der Waals surface area contributed by atoms with Gasteiger partial charge in [0.15, 0.2) is 0 Å². The third-order valence-electron chi connectivity index (χ3n) is 4.35. The van der Waals surface area contributed by atoms with Crippen LogP contribution in [0.1, 0.15) is 10.4 Å². The molecule has 4 aromatic rings. The summed E-state index contributed by atoms with van der Waals surface area (Å²) in [6.45, 7) is 0. The van der Waals surface area contributed by atoms with Crippen LogP contribution in [0.2, 0.25) is 5.02 Å². The largest absolute Gasteiger partial charge is 0.322 e. The molecule has 0 aliphatic heterocycles. The first-order valence-corrected chi connectivity index (χ1v) is 10.1. The van der Waals surface area contributed by atoms with Gasteiger partial charge >= 0.3 is 0 Å². The normalized spacial score (nSPS) is 10.6. The average Bonchev–Trinajstić information content (AvgIpc) is 3.25. The van der Waals surface area contributed by atoms with Crippen molar-refractivity contribution < 1.29 is 9.72 Å². The number of nitro groups is 1. The molecule has 1 N–H and O–H groups in total. The summed E-state index contributed by atoms with van der Waals surface area (Å²) in [7, 11) is 0. The van der Waals surface area contributed by atoms with Gasteiger partial charge in [-0.3, -0.25) is 14.9 Å². The molecule has 0 fully saturated rings. The van der Waals surface area contributed by atoms with Gasteiger partial charge in [0, 0.05) is 44.9 Å². The minimum atomic E-state index is -0.503. The van der Waals surface area contributed by atoms with E-state index in [2.05, 4.69) is 10.3 Å². The van der Waals surface area contributed by atoms with Crippen molar-refractivity contribution >= 4 is 40.2 Å². The van der Waals surface area contributed by atoms with E-state index in [0.717, 1.165) is 21.8 Å². The third-order valence-corrected chi connectivity index (χ3v) is 5.50. The van der Waals surface area contributed by atoms with Gasteiger partial charge in [-0.05, 0) is 36.4 Å².